The third kappa shape index (κ3) is 4.23. The van der Waals surface area contributed by atoms with Crippen LogP contribution >= 0.6 is 0 Å². The Kier molecular flexibility index (Phi) is 5.42. The molecule has 0 aliphatic carbocycles. The predicted molar refractivity (Wildman–Crippen MR) is 88.1 cm³/mol. The van der Waals surface area contributed by atoms with E-state index in [1.54, 1.807) is 4.90 Å². The van der Waals surface area contributed by atoms with E-state index in [0.29, 0.717) is 19.5 Å². The van der Waals surface area contributed by atoms with Gasteiger partial charge in [0.1, 0.15) is 5.69 Å². The van der Waals surface area contributed by atoms with Crippen LogP contribution in [0.4, 0.5) is 4.79 Å². The Morgan fingerprint density at radius 2 is 1.76 bits per heavy atom. The SMILES string of the molecule is O=C(NNC(=O)C1CCCN(C(=O)N2CCCC2)C1)c1cnccn1. The number of rotatable bonds is 2. The maximum Gasteiger partial charge on any atom is 0.320 e. The molecule has 4 amide bonds. The topological polar surface area (TPSA) is 108 Å². The molecule has 3 rings (SSSR count). The first-order valence-corrected chi connectivity index (χ1v) is 8.55. The van der Waals surface area contributed by atoms with Gasteiger partial charge in [0.05, 0.1) is 12.1 Å². The summed E-state index contributed by atoms with van der Waals surface area (Å²) in [5.74, 6) is -1.15. The van der Waals surface area contributed by atoms with E-state index >= 15 is 0 Å². The summed E-state index contributed by atoms with van der Waals surface area (Å²) in [7, 11) is 0. The van der Waals surface area contributed by atoms with E-state index in [9.17, 15) is 14.4 Å². The van der Waals surface area contributed by atoms with Crippen LogP contribution < -0.4 is 10.9 Å². The minimum absolute atomic E-state index is 0.0126. The zero-order chi connectivity index (χ0) is 17.6. The average Bonchev–Trinajstić information content (AvgIpc) is 3.20. The fourth-order valence-electron chi connectivity index (χ4n) is 3.17. The average molecular weight is 346 g/mol. The van der Waals surface area contributed by atoms with Crippen LogP contribution in [0.1, 0.15) is 36.2 Å². The van der Waals surface area contributed by atoms with Gasteiger partial charge in [0, 0.05) is 38.6 Å². The second-order valence-corrected chi connectivity index (χ2v) is 6.30. The second-order valence-electron chi connectivity index (χ2n) is 6.30. The number of aromatic nitrogens is 2. The Morgan fingerprint density at radius 1 is 1.00 bits per heavy atom. The van der Waals surface area contributed by atoms with Crippen LogP contribution in [0.25, 0.3) is 0 Å². The minimum atomic E-state index is -0.526. The number of hydrogen-bond acceptors (Lipinski definition) is 5. The summed E-state index contributed by atoms with van der Waals surface area (Å²) in [4.78, 5) is 47.9. The Hall–Kier alpha value is -2.71. The molecule has 25 heavy (non-hydrogen) atoms. The lowest BCUT2D eigenvalue weighted by Crippen LogP contribution is -2.52. The summed E-state index contributed by atoms with van der Waals surface area (Å²) >= 11 is 0. The smallest absolute Gasteiger partial charge is 0.320 e. The molecule has 2 aliphatic heterocycles. The summed E-state index contributed by atoms with van der Waals surface area (Å²) in [6, 6.07) is 0.0126. The fourth-order valence-corrected chi connectivity index (χ4v) is 3.17. The molecular weight excluding hydrogens is 324 g/mol. The van der Waals surface area contributed by atoms with Crippen molar-refractivity contribution < 1.29 is 14.4 Å². The van der Waals surface area contributed by atoms with E-state index in [1.165, 1.54) is 18.6 Å². The van der Waals surface area contributed by atoms with Crippen LogP contribution in [-0.2, 0) is 4.79 Å². The van der Waals surface area contributed by atoms with E-state index in [4.69, 9.17) is 0 Å². The second kappa shape index (κ2) is 7.91. The molecule has 0 spiro atoms. The number of carbonyl (C=O) groups excluding carboxylic acids is 3. The number of piperidine rings is 1. The van der Waals surface area contributed by atoms with E-state index < -0.39 is 5.91 Å². The number of nitrogens with one attached hydrogen (secondary N) is 2. The largest absolute Gasteiger partial charge is 0.325 e. The maximum absolute atomic E-state index is 12.5. The first kappa shape index (κ1) is 17.1. The number of amides is 4. The molecule has 9 heteroatoms. The van der Waals surface area contributed by atoms with Crippen LogP contribution in [-0.4, -0.2) is 63.8 Å². The summed E-state index contributed by atoms with van der Waals surface area (Å²) < 4.78 is 0. The molecule has 9 nitrogen and oxygen atoms in total. The van der Waals surface area contributed by atoms with Crippen molar-refractivity contribution in [2.45, 2.75) is 25.7 Å². The van der Waals surface area contributed by atoms with Gasteiger partial charge in [0.15, 0.2) is 0 Å². The van der Waals surface area contributed by atoms with Gasteiger partial charge < -0.3 is 9.80 Å². The number of hydrazine groups is 1. The summed E-state index contributed by atoms with van der Waals surface area (Å²) in [6.45, 7) is 2.63. The van der Waals surface area contributed by atoms with Gasteiger partial charge in [-0.05, 0) is 25.7 Å². The van der Waals surface area contributed by atoms with Crippen molar-refractivity contribution in [1.29, 1.82) is 0 Å². The van der Waals surface area contributed by atoms with E-state index in [-0.39, 0.29) is 23.6 Å². The third-order valence-electron chi connectivity index (χ3n) is 4.53. The highest BCUT2D eigenvalue weighted by atomic mass is 16.2. The summed E-state index contributed by atoms with van der Waals surface area (Å²) in [6.07, 6.45) is 7.73. The standard InChI is InChI=1S/C16H22N6O3/c23-14(19-20-15(24)13-10-17-5-6-18-13)12-4-3-9-22(11-12)16(25)21-7-1-2-8-21/h5-6,10,12H,1-4,7-9,11H2,(H,19,23)(H,20,24). The lowest BCUT2D eigenvalue weighted by atomic mass is 9.97. The molecule has 1 unspecified atom stereocenters. The first-order chi connectivity index (χ1) is 12.1. The van der Waals surface area contributed by atoms with Crippen molar-refractivity contribution >= 4 is 17.8 Å². The van der Waals surface area contributed by atoms with Gasteiger partial charge in [-0.25, -0.2) is 9.78 Å². The Bertz CT molecular complexity index is 632. The lowest BCUT2D eigenvalue weighted by molar-refractivity contribution is -0.127. The minimum Gasteiger partial charge on any atom is -0.325 e. The fraction of sp³-hybridized carbons (Fsp3) is 0.562. The molecule has 2 fully saturated rings. The van der Waals surface area contributed by atoms with Crippen molar-refractivity contribution in [3.8, 4) is 0 Å². The predicted octanol–water partition coefficient (Wildman–Crippen LogP) is 0.165. The van der Waals surface area contributed by atoms with Gasteiger partial charge >= 0.3 is 6.03 Å². The molecule has 134 valence electrons. The van der Waals surface area contributed by atoms with Gasteiger partial charge in [0.2, 0.25) is 5.91 Å². The van der Waals surface area contributed by atoms with Crippen LogP contribution in [0.2, 0.25) is 0 Å². The van der Waals surface area contributed by atoms with Crippen molar-refractivity contribution in [3.05, 3.63) is 24.3 Å². The molecule has 1 aromatic rings. The summed E-state index contributed by atoms with van der Waals surface area (Å²) in [5, 5.41) is 0. The number of carbonyl (C=O) groups is 3. The molecule has 1 atom stereocenters. The highest BCUT2D eigenvalue weighted by molar-refractivity contribution is 5.93. The van der Waals surface area contributed by atoms with E-state index in [1.807, 2.05) is 4.90 Å². The Labute approximate surface area is 145 Å². The van der Waals surface area contributed by atoms with Crippen molar-refractivity contribution in [3.63, 3.8) is 0 Å². The number of hydrogen-bond donors (Lipinski definition) is 2. The molecule has 2 saturated heterocycles. The van der Waals surface area contributed by atoms with E-state index in [0.717, 1.165) is 32.4 Å². The van der Waals surface area contributed by atoms with Gasteiger partial charge in [-0.15, -0.1) is 0 Å². The molecule has 0 aromatic carbocycles. The van der Waals surface area contributed by atoms with Gasteiger partial charge in [-0.2, -0.15) is 0 Å². The number of urea groups is 1. The Morgan fingerprint density at radius 3 is 2.48 bits per heavy atom. The van der Waals surface area contributed by atoms with Gasteiger partial charge in [0.25, 0.3) is 5.91 Å². The monoisotopic (exact) mass is 346 g/mol. The van der Waals surface area contributed by atoms with Crippen LogP contribution in [0.15, 0.2) is 18.6 Å². The zero-order valence-corrected chi connectivity index (χ0v) is 14.0. The maximum atomic E-state index is 12.5. The third-order valence-corrected chi connectivity index (χ3v) is 4.53. The van der Waals surface area contributed by atoms with Crippen LogP contribution in [0.5, 0.6) is 0 Å². The van der Waals surface area contributed by atoms with Gasteiger partial charge in [-0.1, -0.05) is 0 Å². The number of nitrogens with zero attached hydrogens (tertiary/aromatic N) is 4. The molecule has 2 aliphatic rings. The quantitative estimate of drug-likeness (QED) is 0.742. The first-order valence-electron chi connectivity index (χ1n) is 8.55. The molecule has 0 radical (unpaired) electrons. The van der Waals surface area contributed by atoms with Crippen LogP contribution in [0.3, 0.4) is 0 Å². The molecule has 0 saturated carbocycles. The highest BCUT2D eigenvalue weighted by Gasteiger charge is 2.31. The summed E-state index contributed by atoms with van der Waals surface area (Å²) in [5.41, 5.74) is 4.88. The normalized spacial score (nSPS) is 20.2. The molecule has 2 N–H and O–H groups in total. The highest BCUT2D eigenvalue weighted by Crippen LogP contribution is 2.19. The Balaban J connectivity index is 1.50. The van der Waals surface area contributed by atoms with Gasteiger partial charge in [-0.3, -0.25) is 25.4 Å². The zero-order valence-electron chi connectivity index (χ0n) is 14.0. The van der Waals surface area contributed by atoms with Crippen LogP contribution in [0, 0.1) is 5.92 Å². The van der Waals surface area contributed by atoms with E-state index in [2.05, 4.69) is 20.8 Å². The molecule has 0 bridgehead atoms. The van der Waals surface area contributed by atoms with Crippen molar-refractivity contribution in [2.24, 2.45) is 5.92 Å². The number of likely N-dealkylation sites (tertiary alicyclic amines) is 2. The van der Waals surface area contributed by atoms with Crippen molar-refractivity contribution in [1.82, 2.24) is 30.6 Å². The lowest BCUT2D eigenvalue weighted by Gasteiger charge is -2.34. The molecule has 3 heterocycles. The van der Waals surface area contributed by atoms with Crippen molar-refractivity contribution in [2.75, 3.05) is 26.2 Å². The molecular formula is C16H22N6O3. The molecule has 1 aromatic heterocycles.